The fourth-order valence-corrected chi connectivity index (χ4v) is 3.13. The highest BCUT2D eigenvalue weighted by molar-refractivity contribution is 5.92. The van der Waals surface area contributed by atoms with Crippen molar-refractivity contribution in [3.63, 3.8) is 0 Å². The number of carbonyl (C=O) groups is 1. The lowest BCUT2D eigenvalue weighted by Gasteiger charge is -2.31. The molecule has 2 aromatic heterocycles. The number of imidazole rings is 1. The van der Waals surface area contributed by atoms with Crippen LogP contribution in [0.25, 0.3) is 0 Å². The molecule has 7 heteroatoms. The molecule has 7 nitrogen and oxygen atoms in total. The summed E-state index contributed by atoms with van der Waals surface area (Å²) in [6, 6.07) is 1.79. The largest absolute Gasteiger partial charge is 0.370 e. The van der Waals surface area contributed by atoms with Crippen LogP contribution in [-0.4, -0.2) is 38.4 Å². The Morgan fingerprint density at radius 3 is 2.96 bits per heavy atom. The molecule has 1 N–H and O–H groups in total. The van der Waals surface area contributed by atoms with Crippen LogP contribution in [0.4, 0.5) is 0 Å². The Bertz CT molecular complexity index is 690. The minimum absolute atomic E-state index is 0.0719. The summed E-state index contributed by atoms with van der Waals surface area (Å²) in [5.41, 5.74) is 1.41. The van der Waals surface area contributed by atoms with Gasteiger partial charge in [-0.25, -0.2) is 4.98 Å². The molecule has 1 saturated heterocycles. The van der Waals surface area contributed by atoms with Gasteiger partial charge in [0.15, 0.2) is 0 Å². The molecule has 0 bridgehead atoms. The highest BCUT2D eigenvalue weighted by atomic mass is 16.5. The summed E-state index contributed by atoms with van der Waals surface area (Å²) in [5.74, 6) is 1.04. The number of hydrogen-bond acceptors (Lipinski definition) is 4. The molecule has 1 amide bonds. The number of rotatable bonds is 4. The molecule has 0 aliphatic carbocycles. The Hall–Kier alpha value is -2.15. The van der Waals surface area contributed by atoms with Gasteiger partial charge in [-0.3, -0.25) is 9.48 Å². The summed E-state index contributed by atoms with van der Waals surface area (Å²) in [6.07, 6.45) is 5.65. The van der Waals surface area contributed by atoms with Crippen molar-refractivity contribution in [3.8, 4) is 0 Å². The van der Waals surface area contributed by atoms with E-state index >= 15 is 0 Å². The van der Waals surface area contributed by atoms with Gasteiger partial charge in [0.25, 0.3) is 5.91 Å². The van der Waals surface area contributed by atoms with E-state index in [1.54, 1.807) is 24.0 Å². The minimum Gasteiger partial charge on any atom is -0.370 e. The van der Waals surface area contributed by atoms with E-state index in [9.17, 15) is 4.79 Å². The number of nitrogens with zero attached hydrogens (tertiary/aromatic N) is 4. The SMILES string of the molecule is Cc1cc(C(=O)NC[C@@H]2CCCO[C@H]2c2nccn2C)n(C)n1. The van der Waals surface area contributed by atoms with E-state index in [-0.39, 0.29) is 17.9 Å². The molecular weight excluding hydrogens is 294 g/mol. The fourth-order valence-electron chi connectivity index (χ4n) is 3.13. The van der Waals surface area contributed by atoms with Gasteiger partial charge < -0.3 is 14.6 Å². The standard InChI is InChI=1S/C16H23N5O2/c1-11-9-13(21(3)19-11)16(22)18-10-12-5-4-8-23-14(12)15-17-6-7-20(15)2/h6-7,9,12,14H,4-5,8,10H2,1-3H3,(H,18,22)/t12-,14+/m0/s1. The molecule has 2 atom stereocenters. The number of amides is 1. The Labute approximate surface area is 135 Å². The van der Waals surface area contributed by atoms with Gasteiger partial charge in [0.05, 0.1) is 5.69 Å². The van der Waals surface area contributed by atoms with Crippen molar-refractivity contribution in [1.82, 2.24) is 24.6 Å². The first kappa shape index (κ1) is 15.7. The molecule has 2 aromatic rings. The van der Waals surface area contributed by atoms with Crippen LogP contribution in [0, 0.1) is 12.8 Å². The summed E-state index contributed by atoms with van der Waals surface area (Å²) >= 11 is 0. The van der Waals surface area contributed by atoms with Crippen LogP contribution in [0.3, 0.4) is 0 Å². The lowest BCUT2D eigenvalue weighted by Crippen LogP contribution is -2.36. The van der Waals surface area contributed by atoms with Crippen LogP contribution in [0.15, 0.2) is 18.5 Å². The Balaban J connectivity index is 1.67. The van der Waals surface area contributed by atoms with Gasteiger partial charge in [-0.1, -0.05) is 0 Å². The number of nitrogens with one attached hydrogen (secondary N) is 1. The van der Waals surface area contributed by atoms with Gasteiger partial charge in [-0.05, 0) is 25.8 Å². The summed E-state index contributed by atoms with van der Waals surface area (Å²) in [7, 11) is 3.75. The number of aryl methyl sites for hydroxylation is 3. The molecule has 3 rings (SSSR count). The van der Waals surface area contributed by atoms with Gasteiger partial charge in [-0.15, -0.1) is 0 Å². The van der Waals surface area contributed by atoms with Crippen LogP contribution < -0.4 is 5.32 Å². The van der Waals surface area contributed by atoms with E-state index < -0.39 is 0 Å². The molecule has 0 radical (unpaired) electrons. The maximum absolute atomic E-state index is 12.3. The third-order valence-corrected chi connectivity index (χ3v) is 4.32. The summed E-state index contributed by atoms with van der Waals surface area (Å²) in [5, 5.41) is 7.23. The van der Waals surface area contributed by atoms with Crippen molar-refractivity contribution in [1.29, 1.82) is 0 Å². The van der Waals surface area contributed by atoms with Gasteiger partial charge in [0, 0.05) is 45.6 Å². The Kier molecular flexibility index (Phi) is 4.47. The van der Waals surface area contributed by atoms with Gasteiger partial charge >= 0.3 is 0 Å². The highest BCUT2D eigenvalue weighted by Gasteiger charge is 2.30. The number of hydrogen-bond donors (Lipinski definition) is 1. The van der Waals surface area contributed by atoms with Gasteiger partial charge in [0.2, 0.25) is 0 Å². The van der Waals surface area contributed by atoms with Crippen LogP contribution in [0.5, 0.6) is 0 Å². The van der Waals surface area contributed by atoms with E-state index in [1.165, 1.54) is 0 Å². The zero-order valence-electron chi connectivity index (χ0n) is 13.8. The normalized spacial score (nSPS) is 21.3. The Morgan fingerprint density at radius 1 is 1.48 bits per heavy atom. The average Bonchev–Trinajstić information content (AvgIpc) is 3.10. The second-order valence-electron chi connectivity index (χ2n) is 6.09. The third-order valence-electron chi connectivity index (χ3n) is 4.32. The maximum atomic E-state index is 12.3. The number of ether oxygens (including phenoxy) is 1. The van der Waals surface area contributed by atoms with Crippen molar-refractivity contribution in [2.75, 3.05) is 13.2 Å². The first-order chi connectivity index (χ1) is 11.1. The fraction of sp³-hybridized carbons (Fsp3) is 0.562. The molecule has 1 fully saturated rings. The topological polar surface area (TPSA) is 74.0 Å². The van der Waals surface area contributed by atoms with Gasteiger partial charge in [-0.2, -0.15) is 5.10 Å². The van der Waals surface area contributed by atoms with Gasteiger partial charge in [0.1, 0.15) is 17.6 Å². The first-order valence-electron chi connectivity index (χ1n) is 7.94. The van der Waals surface area contributed by atoms with Crippen molar-refractivity contribution < 1.29 is 9.53 Å². The van der Waals surface area contributed by atoms with E-state index in [0.29, 0.717) is 12.2 Å². The monoisotopic (exact) mass is 317 g/mol. The summed E-state index contributed by atoms with van der Waals surface area (Å²) in [6.45, 7) is 3.19. The number of aromatic nitrogens is 4. The van der Waals surface area contributed by atoms with Crippen molar-refractivity contribution in [3.05, 3.63) is 35.7 Å². The number of carbonyl (C=O) groups excluding carboxylic acids is 1. The zero-order chi connectivity index (χ0) is 16.4. The minimum atomic E-state index is -0.0998. The molecular formula is C16H23N5O2. The molecule has 0 saturated carbocycles. The summed E-state index contributed by atoms with van der Waals surface area (Å²) < 4.78 is 9.52. The van der Waals surface area contributed by atoms with Crippen LogP contribution >= 0.6 is 0 Å². The predicted molar refractivity (Wildman–Crippen MR) is 84.9 cm³/mol. The van der Waals surface area contributed by atoms with E-state index in [0.717, 1.165) is 31.0 Å². The van der Waals surface area contributed by atoms with Crippen LogP contribution in [0.2, 0.25) is 0 Å². The molecule has 3 heterocycles. The van der Waals surface area contributed by atoms with E-state index in [1.807, 2.05) is 24.7 Å². The second kappa shape index (κ2) is 6.54. The molecule has 124 valence electrons. The van der Waals surface area contributed by atoms with Crippen molar-refractivity contribution in [2.45, 2.75) is 25.9 Å². The van der Waals surface area contributed by atoms with E-state index in [4.69, 9.17) is 4.74 Å². The zero-order valence-corrected chi connectivity index (χ0v) is 13.8. The lowest BCUT2D eigenvalue weighted by molar-refractivity contribution is -0.0338. The quantitative estimate of drug-likeness (QED) is 0.924. The predicted octanol–water partition coefficient (Wildman–Crippen LogP) is 1.36. The lowest BCUT2D eigenvalue weighted by atomic mass is 9.93. The summed E-state index contributed by atoms with van der Waals surface area (Å²) in [4.78, 5) is 16.8. The maximum Gasteiger partial charge on any atom is 0.269 e. The Morgan fingerprint density at radius 2 is 2.30 bits per heavy atom. The molecule has 23 heavy (non-hydrogen) atoms. The third kappa shape index (κ3) is 3.29. The highest BCUT2D eigenvalue weighted by Crippen LogP contribution is 2.32. The average molecular weight is 317 g/mol. The molecule has 0 spiro atoms. The molecule has 0 unspecified atom stereocenters. The van der Waals surface area contributed by atoms with Crippen LogP contribution in [0.1, 0.15) is 41.0 Å². The van der Waals surface area contributed by atoms with E-state index in [2.05, 4.69) is 15.4 Å². The molecule has 0 aromatic carbocycles. The molecule has 1 aliphatic rings. The second-order valence-corrected chi connectivity index (χ2v) is 6.09. The van der Waals surface area contributed by atoms with Crippen LogP contribution in [-0.2, 0) is 18.8 Å². The molecule has 1 aliphatic heterocycles. The first-order valence-corrected chi connectivity index (χ1v) is 7.94. The van der Waals surface area contributed by atoms with Crippen molar-refractivity contribution in [2.24, 2.45) is 20.0 Å². The van der Waals surface area contributed by atoms with Crippen molar-refractivity contribution >= 4 is 5.91 Å². The smallest absolute Gasteiger partial charge is 0.269 e.